The molecule has 1 amide bonds. The van der Waals surface area contributed by atoms with Crippen LogP contribution in [0.5, 0.6) is 0 Å². The molecular formula is C27H28ClF5N6O. The molecule has 7 nitrogen and oxygen atoms in total. The predicted octanol–water partition coefficient (Wildman–Crippen LogP) is 5.20. The first-order valence-corrected chi connectivity index (χ1v) is 13.6. The van der Waals surface area contributed by atoms with Crippen LogP contribution in [0, 0.1) is 11.8 Å². The lowest BCUT2D eigenvalue weighted by molar-refractivity contribution is -0.172. The van der Waals surface area contributed by atoms with Crippen LogP contribution >= 0.6 is 11.6 Å². The highest BCUT2D eigenvalue weighted by Crippen LogP contribution is 2.63. The van der Waals surface area contributed by atoms with Crippen molar-refractivity contribution in [3.63, 3.8) is 0 Å². The summed E-state index contributed by atoms with van der Waals surface area (Å²) < 4.78 is 72.5. The van der Waals surface area contributed by atoms with Crippen molar-refractivity contribution >= 4 is 34.5 Å². The summed E-state index contributed by atoms with van der Waals surface area (Å²) in [6.07, 6.45) is -2.31. The molecule has 6 rings (SSSR count). The number of likely N-dealkylation sites (N-methyl/N-ethyl adjacent to an activating group) is 1. The van der Waals surface area contributed by atoms with Gasteiger partial charge in [-0.2, -0.15) is 18.3 Å². The van der Waals surface area contributed by atoms with Crippen molar-refractivity contribution in [2.24, 2.45) is 11.8 Å². The first kappa shape index (κ1) is 27.2. The number of rotatable bonds is 6. The third kappa shape index (κ3) is 5.00. The standard InChI is InChI=1S/C27H28ClF5N6O/c1-37-9-8-17(14-37)35-24(40)7-6-19-25(26(19,29)30)15-2-4-18(5-3-15)38-13-16(27(31,32)33)10-20-21(38)12-34-23-11-22(28)36-39(20)23/h2-5,11-12,16-17,19,25H,6-10,13-14H2,1H3,(H,35,40)/t16-,17?,19+,25-/m1/s1. The average Bonchev–Trinajstić information content (AvgIpc) is 3.17. The van der Waals surface area contributed by atoms with Crippen LogP contribution in [0.25, 0.3) is 5.65 Å². The van der Waals surface area contributed by atoms with Gasteiger partial charge in [-0.15, -0.1) is 0 Å². The van der Waals surface area contributed by atoms with Crippen molar-refractivity contribution in [3.05, 3.63) is 52.9 Å². The zero-order chi connectivity index (χ0) is 28.4. The Kier molecular flexibility index (Phi) is 6.68. The minimum Gasteiger partial charge on any atom is -0.352 e. The molecule has 4 heterocycles. The van der Waals surface area contributed by atoms with Crippen LogP contribution in [0.15, 0.2) is 36.5 Å². The fourth-order valence-corrected chi connectivity index (χ4v) is 6.32. The molecular weight excluding hydrogens is 555 g/mol. The van der Waals surface area contributed by atoms with Crippen molar-refractivity contribution in [3.8, 4) is 0 Å². The third-order valence-electron chi connectivity index (χ3n) is 8.33. The van der Waals surface area contributed by atoms with Gasteiger partial charge in [0.25, 0.3) is 5.92 Å². The molecule has 1 aliphatic carbocycles. The number of carbonyl (C=O) groups is 1. The summed E-state index contributed by atoms with van der Waals surface area (Å²) in [5.41, 5.74) is 1.95. The van der Waals surface area contributed by atoms with Crippen molar-refractivity contribution in [2.75, 3.05) is 31.6 Å². The maximum Gasteiger partial charge on any atom is 0.393 e. The normalized spacial score (nSPS) is 26.2. The van der Waals surface area contributed by atoms with Gasteiger partial charge >= 0.3 is 6.18 Å². The van der Waals surface area contributed by atoms with E-state index in [1.54, 1.807) is 12.1 Å². The van der Waals surface area contributed by atoms with Crippen molar-refractivity contribution in [1.82, 2.24) is 24.8 Å². The molecule has 1 N–H and O–H groups in total. The minimum atomic E-state index is -4.45. The quantitative estimate of drug-likeness (QED) is 0.405. The van der Waals surface area contributed by atoms with E-state index in [1.807, 2.05) is 7.05 Å². The van der Waals surface area contributed by atoms with Gasteiger partial charge in [0, 0.05) is 49.6 Å². The molecule has 1 unspecified atom stereocenters. The van der Waals surface area contributed by atoms with E-state index in [0.29, 0.717) is 28.3 Å². The lowest BCUT2D eigenvalue weighted by Gasteiger charge is -2.36. The fourth-order valence-electron chi connectivity index (χ4n) is 6.15. The summed E-state index contributed by atoms with van der Waals surface area (Å²) in [6.45, 7) is 1.30. The van der Waals surface area contributed by atoms with E-state index in [0.717, 1.165) is 19.5 Å². The zero-order valence-electron chi connectivity index (χ0n) is 21.6. The summed E-state index contributed by atoms with van der Waals surface area (Å²) in [5.74, 6) is -6.81. The molecule has 4 atom stereocenters. The molecule has 3 aliphatic rings. The molecule has 3 aromatic rings. The van der Waals surface area contributed by atoms with Crippen molar-refractivity contribution in [2.45, 2.75) is 49.7 Å². The van der Waals surface area contributed by atoms with Gasteiger partial charge in [-0.05, 0) is 44.1 Å². The van der Waals surface area contributed by atoms with Gasteiger partial charge in [0.2, 0.25) is 5.91 Å². The smallest absolute Gasteiger partial charge is 0.352 e. The second-order valence-corrected chi connectivity index (χ2v) is 11.5. The van der Waals surface area contributed by atoms with E-state index in [-0.39, 0.29) is 42.9 Å². The molecule has 2 aromatic heterocycles. The van der Waals surface area contributed by atoms with E-state index in [4.69, 9.17) is 11.6 Å². The van der Waals surface area contributed by atoms with Crippen molar-refractivity contribution in [1.29, 1.82) is 0 Å². The van der Waals surface area contributed by atoms with Gasteiger partial charge in [0.15, 0.2) is 10.8 Å². The minimum absolute atomic E-state index is 0.0252. The Bertz CT molecular complexity index is 1430. The van der Waals surface area contributed by atoms with Crippen LogP contribution in [0.3, 0.4) is 0 Å². The molecule has 214 valence electrons. The van der Waals surface area contributed by atoms with Gasteiger partial charge in [0.1, 0.15) is 0 Å². The number of anilines is 2. The average molecular weight is 583 g/mol. The summed E-state index contributed by atoms with van der Waals surface area (Å²) in [5, 5.41) is 7.16. The van der Waals surface area contributed by atoms with E-state index < -0.39 is 29.9 Å². The number of nitrogens with one attached hydrogen (secondary N) is 1. The lowest BCUT2D eigenvalue weighted by atomic mass is 9.95. The second-order valence-electron chi connectivity index (χ2n) is 11.1. The SMILES string of the molecule is CN1CCC(NC(=O)CC[C@H]2[C@@H](c3ccc(N4C[C@H](C(F)(F)F)Cc5c4cnc4cc(Cl)nn54)cc3)C2(F)F)C1. The zero-order valence-corrected chi connectivity index (χ0v) is 22.4. The highest BCUT2D eigenvalue weighted by molar-refractivity contribution is 6.29. The highest BCUT2D eigenvalue weighted by Gasteiger charge is 2.67. The first-order valence-electron chi connectivity index (χ1n) is 13.2. The Morgan fingerprint density at radius 1 is 1.20 bits per heavy atom. The Hall–Kier alpha value is -2.99. The van der Waals surface area contributed by atoms with Crippen LogP contribution in [-0.2, 0) is 11.2 Å². The van der Waals surface area contributed by atoms with Gasteiger partial charge in [-0.1, -0.05) is 23.7 Å². The fraction of sp³-hybridized carbons (Fsp3) is 0.519. The van der Waals surface area contributed by atoms with Crippen molar-refractivity contribution < 1.29 is 26.7 Å². The number of amides is 1. The number of carbonyl (C=O) groups excluding carboxylic acids is 1. The molecule has 1 aromatic carbocycles. The molecule has 1 saturated carbocycles. The first-order chi connectivity index (χ1) is 18.9. The Morgan fingerprint density at radius 2 is 1.95 bits per heavy atom. The van der Waals surface area contributed by atoms with Gasteiger partial charge in [0.05, 0.1) is 29.4 Å². The summed E-state index contributed by atoms with van der Waals surface area (Å²) >= 11 is 5.98. The van der Waals surface area contributed by atoms with E-state index in [1.165, 1.54) is 33.8 Å². The molecule has 2 aliphatic heterocycles. The van der Waals surface area contributed by atoms with Crippen LogP contribution in [-0.4, -0.2) is 70.2 Å². The Morgan fingerprint density at radius 3 is 2.62 bits per heavy atom. The number of likely N-dealkylation sites (tertiary alicyclic amines) is 1. The van der Waals surface area contributed by atoms with Gasteiger partial charge in [-0.25, -0.2) is 18.3 Å². The van der Waals surface area contributed by atoms with E-state index in [9.17, 15) is 26.7 Å². The number of hydrogen-bond donors (Lipinski definition) is 1. The number of aromatic nitrogens is 3. The third-order valence-corrected chi connectivity index (χ3v) is 8.52. The summed E-state index contributed by atoms with van der Waals surface area (Å²) in [7, 11) is 1.97. The monoisotopic (exact) mass is 582 g/mol. The van der Waals surface area contributed by atoms with E-state index in [2.05, 4.69) is 20.3 Å². The summed E-state index contributed by atoms with van der Waals surface area (Å²) in [6, 6.07) is 7.72. The maximum atomic E-state index is 14.7. The molecule has 40 heavy (non-hydrogen) atoms. The summed E-state index contributed by atoms with van der Waals surface area (Å²) in [4.78, 5) is 20.2. The molecule has 2 fully saturated rings. The maximum absolute atomic E-state index is 14.7. The molecule has 0 spiro atoms. The van der Waals surface area contributed by atoms with Crippen LogP contribution in [0.2, 0.25) is 5.15 Å². The predicted molar refractivity (Wildman–Crippen MR) is 139 cm³/mol. The number of alkyl halides is 5. The van der Waals surface area contributed by atoms with Gasteiger partial charge < -0.3 is 15.1 Å². The molecule has 0 radical (unpaired) electrons. The number of fused-ring (bicyclic) bond motifs is 3. The topological polar surface area (TPSA) is 65.8 Å². The second kappa shape index (κ2) is 9.83. The largest absolute Gasteiger partial charge is 0.393 e. The number of benzene rings is 1. The molecule has 13 heteroatoms. The van der Waals surface area contributed by atoms with Gasteiger partial charge in [-0.3, -0.25) is 4.79 Å². The molecule has 0 bridgehead atoms. The van der Waals surface area contributed by atoms with E-state index >= 15 is 0 Å². The Balaban J connectivity index is 1.19. The van der Waals surface area contributed by atoms with Crippen LogP contribution in [0.4, 0.5) is 33.3 Å². The lowest BCUT2D eigenvalue weighted by Crippen LogP contribution is -2.40. The number of hydrogen-bond acceptors (Lipinski definition) is 5. The highest BCUT2D eigenvalue weighted by atomic mass is 35.5. The number of nitrogens with zero attached hydrogens (tertiary/aromatic N) is 5. The van der Waals surface area contributed by atoms with Crippen LogP contribution < -0.4 is 10.2 Å². The number of halogens is 6. The Labute approximate surface area is 232 Å². The molecule has 1 saturated heterocycles. The van der Waals surface area contributed by atoms with Crippen LogP contribution in [0.1, 0.15) is 36.4 Å².